The quantitative estimate of drug-likeness (QED) is 0.652. The van der Waals surface area contributed by atoms with Crippen LogP contribution in [0.5, 0.6) is 0 Å². The van der Waals surface area contributed by atoms with E-state index in [2.05, 4.69) is 15.3 Å². The van der Waals surface area contributed by atoms with Gasteiger partial charge in [0.2, 0.25) is 5.28 Å². The van der Waals surface area contributed by atoms with E-state index in [1.807, 2.05) is 0 Å². The van der Waals surface area contributed by atoms with Gasteiger partial charge in [0.05, 0.1) is 21.9 Å². The molecule has 0 aliphatic carbocycles. The van der Waals surface area contributed by atoms with Crippen molar-refractivity contribution in [2.75, 3.05) is 11.1 Å². The van der Waals surface area contributed by atoms with Crippen LogP contribution in [0.3, 0.4) is 0 Å². The van der Waals surface area contributed by atoms with Crippen LogP contribution < -0.4 is 11.1 Å². The molecule has 0 aliphatic rings. The Morgan fingerprint density at radius 2 is 1.78 bits per heavy atom. The summed E-state index contributed by atoms with van der Waals surface area (Å²) in [6.45, 7) is 0. The molecule has 0 fully saturated rings. The zero-order valence-corrected chi connectivity index (χ0v) is 11.0. The Morgan fingerprint density at radius 3 is 2.39 bits per heavy atom. The molecular weight excluding hydrogens is 301 g/mol. The van der Waals surface area contributed by atoms with E-state index in [1.165, 1.54) is 18.3 Å². The van der Waals surface area contributed by atoms with Crippen molar-refractivity contribution in [2.45, 2.75) is 0 Å². The maximum absolute atomic E-state index is 13.2. The fourth-order valence-electron chi connectivity index (χ4n) is 1.23. The first-order chi connectivity index (χ1) is 8.47. The van der Waals surface area contributed by atoms with Gasteiger partial charge in [0, 0.05) is 5.69 Å². The molecule has 0 bridgehead atoms. The van der Waals surface area contributed by atoms with E-state index in [0.717, 1.165) is 0 Å². The van der Waals surface area contributed by atoms with Crippen LogP contribution in [0.2, 0.25) is 15.3 Å². The van der Waals surface area contributed by atoms with Crippen LogP contribution >= 0.6 is 34.8 Å². The number of anilines is 3. The van der Waals surface area contributed by atoms with Crippen LogP contribution in [0, 0.1) is 5.82 Å². The van der Waals surface area contributed by atoms with Crippen molar-refractivity contribution in [3.63, 3.8) is 0 Å². The van der Waals surface area contributed by atoms with Crippen molar-refractivity contribution in [1.82, 2.24) is 9.97 Å². The van der Waals surface area contributed by atoms with E-state index in [9.17, 15) is 4.39 Å². The summed E-state index contributed by atoms with van der Waals surface area (Å²) in [5, 5.41) is 2.64. The van der Waals surface area contributed by atoms with Gasteiger partial charge in [-0.25, -0.2) is 9.37 Å². The summed E-state index contributed by atoms with van der Waals surface area (Å²) in [6.07, 6.45) is 1.35. The number of hydrogen-bond donors (Lipinski definition) is 2. The van der Waals surface area contributed by atoms with E-state index < -0.39 is 5.82 Å². The van der Waals surface area contributed by atoms with Gasteiger partial charge in [0.25, 0.3) is 0 Å². The van der Waals surface area contributed by atoms with Crippen LogP contribution in [-0.4, -0.2) is 9.97 Å². The molecule has 0 atom stereocenters. The number of nitrogens with zero attached hydrogens (tertiary/aromatic N) is 2. The molecule has 2 aromatic rings. The summed E-state index contributed by atoms with van der Waals surface area (Å²) in [6, 6.07) is 2.72. The zero-order valence-electron chi connectivity index (χ0n) is 8.72. The predicted octanol–water partition coefficient (Wildman–Crippen LogP) is 3.90. The summed E-state index contributed by atoms with van der Waals surface area (Å²) in [5.74, 6) is -0.397. The van der Waals surface area contributed by atoms with Gasteiger partial charge >= 0.3 is 0 Å². The molecular formula is C10H6Cl3FN4. The molecule has 0 amide bonds. The highest BCUT2D eigenvalue weighted by atomic mass is 35.5. The minimum absolute atomic E-state index is 0.0333. The maximum Gasteiger partial charge on any atom is 0.224 e. The Bertz CT molecular complexity index is 583. The van der Waals surface area contributed by atoms with E-state index in [-0.39, 0.29) is 26.8 Å². The van der Waals surface area contributed by atoms with Gasteiger partial charge in [0.15, 0.2) is 11.6 Å². The molecule has 94 valence electrons. The second-order valence-electron chi connectivity index (χ2n) is 3.32. The molecule has 0 spiro atoms. The Balaban J connectivity index is 2.37. The molecule has 1 aromatic heterocycles. The van der Waals surface area contributed by atoms with Crippen molar-refractivity contribution in [3.05, 3.63) is 39.5 Å². The van der Waals surface area contributed by atoms with E-state index >= 15 is 0 Å². The first-order valence-corrected chi connectivity index (χ1v) is 5.80. The molecule has 0 radical (unpaired) electrons. The second kappa shape index (κ2) is 5.14. The fourth-order valence-corrected chi connectivity index (χ4v) is 1.85. The highest BCUT2D eigenvalue weighted by molar-refractivity contribution is 6.35. The predicted molar refractivity (Wildman–Crippen MR) is 71.2 cm³/mol. The minimum Gasteiger partial charge on any atom is -0.394 e. The average Bonchev–Trinajstić information content (AvgIpc) is 2.31. The molecule has 0 saturated heterocycles. The number of nitrogens with two attached hydrogens (primary N) is 1. The number of aromatic nitrogens is 2. The van der Waals surface area contributed by atoms with Gasteiger partial charge in [-0.3, -0.25) is 0 Å². The molecule has 4 nitrogen and oxygen atoms in total. The van der Waals surface area contributed by atoms with Crippen LogP contribution in [-0.2, 0) is 0 Å². The smallest absolute Gasteiger partial charge is 0.224 e. The van der Waals surface area contributed by atoms with Gasteiger partial charge in [-0.05, 0) is 23.7 Å². The number of rotatable bonds is 2. The summed E-state index contributed by atoms with van der Waals surface area (Å²) in [5.41, 5.74) is 6.38. The fraction of sp³-hybridized carbons (Fsp3) is 0. The lowest BCUT2D eigenvalue weighted by atomic mass is 10.3. The normalized spacial score (nSPS) is 10.4. The summed E-state index contributed by atoms with van der Waals surface area (Å²) in [7, 11) is 0. The lowest BCUT2D eigenvalue weighted by Gasteiger charge is -2.09. The van der Waals surface area contributed by atoms with Crippen molar-refractivity contribution >= 4 is 52.0 Å². The summed E-state index contributed by atoms with van der Waals surface area (Å²) in [4.78, 5) is 7.60. The molecule has 0 unspecified atom stereocenters. The molecule has 18 heavy (non-hydrogen) atoms. The molecule has 2 rings (SSSR count). The molecule has 0 aliphatic heterocycles. The molecule has 1 aromatic carbocycles. The van der Waals surface area contributed by atoms with E-state index in [4.69, 9.17) is 40.5 Å². The van der Waals surface area contributed by atoms with Crippen molar-refractivity contribution < 1.29 is 4.39 Å². The third-order valence-corrected chi connectivity index (χ3v) is 2.77. The molecule has 3 N–H and O–H groups in total. The molecule has 8 heteroatoms. The highest BCUT2D eigenvalue weighted by Crippen LogP contribution is 2.30. The molecule has 0 saturated carbocycles. The maximum atomic E-state index is 13.2. The number of nitrogens with one attached hydrogen (secondary N) is 1. The third-order valence-electron chi connectivity index (χ3n) is 2.03. The van der Waals surface area contributed by atoms with Gasteiger partial charge < -0.3 is 11.1 Å². The Hall–Kier alpha value is -1.30. The molecule has 1 heterocycles. The number of hydrogen-bond acceptors (Lipinski definition) is 4. The van der Waals surface area contributed by atoms with Gasteiger partial charge in [-0.1, -0.05) is 23.2 Å². The monoisotopic (exact) mass is 306 g/mol. The SMILES string of the molecule is Nc1cnc(Cl)nc1Nc1cc(Cl)c(F)c(Cl)c1. The number of nitrogen functional groups attached to an aromatic ring is 1. The van der Waals surface area contributed by atoms with E-state index in [0.29, 0.717) is 5.69 Å². The largest absolute Gasteiger partial charge is 0.394 e. The lowest BCUT2D eigenvalue weighted by molar-refractivity contribution is 0.629. The Morgan fingerprint density at radius 1 is 1.17 bits per heavy atom. The van der Waals surface area contributed by atoms with Gasteiger partial charge in [0.1, 0.15) is 0 Å². The third kappa shape index (κ3) is 2.75. The topological polar surface area (TPSA) is 63.8 Å². The second-order valence-corrected chi connectivity index (χ2v) is 4.47. The van der Waals surface area contributed by atoms with Crippen LogP contribution in [0.25, 0.3) is 0 Å². The zero-order chi connectivity index (χ0) is 13.3. The van der Waals surface area contributed by atoms with E-state index in [1.54, 1.807) is 0 Å². The minimum atomic E-state index is -0.683. The Kier molecular flexibility index (Phi) is 3.75. The average molecular weight is 308 g/mol. The van der Waals surface area contributed by atoms with Crippen molar-refractivity contribution in [1.29, 1.82) is 0 Å². The first-order valence-electron chi connectivity index (χ1n) is 4.67. The standard InChI is InChI=1S/C10H6Cl3FN4/c11-5-1-4(2-6(12)8(5)14)17-9-7(15)3-16-10(13)18-9/h1-3H,15H2,(H,16,17,18). The number of halogens is 4. The number of benzene rings is 1. The summed E-state index contributed by atoms with van der Waals surface area (Å²) < 4.78 is 13.2. The first kappa shape index (κ1) is 13.1. The van der Waals surface area contributed by atoms with Crippen LogP contribution in [0.15, 0.2) is 18.3 Å². The highest BCUT2D eigenvalue weighted by Gasteiger charge is 2.09. The van der Waals surface area contributed by atoms with Gasteiger partial charge in [-0.2, -0.15) is 4.98 Å². The lowest BCUT2D eigenvalue weighted by Crippen LogP contribution is -2.01. The van der Waals surface area contributed by atoms with Crippen molar-refractivity contribution in [2.24, 2.45) is 0 Å². The Labute approximate surface area is 117 Å². The van der Waals surface area contributed by atoms with Crippen LogP contribution in [0.4, 0.5) is 21.6 Å². The van der Waals surface area contributed by atoms with Gasteiger partial charge in [-0.15, -0.1) is 0 Å². The van der Waals surface area contributed by atoms with Crippen LogP contribution in [0.1, 0.15) is 0 Å². The summed E-state index contributed by atoms with van der Waals surface area (Å²) >= 11 is 17.0. The van der Waals surface area contributed by atoms with Crippen molar-refractivity contribution in [3.8, 4) is 0 Å².